The lowest BCUT2D eigenvalue weighted by Gasteiger charge is -2.30. The van der Waals surface area contributed by atoms with E-state index in [2.05, 4.69) is 24.1 Å². The number of para-hydroxylation sites is 1. The maximum atomic E-state index is 14.1. The summed E-state index contributed by atoms with van der Waals surface area (Å²) in [6, 6.07) is 13.4. The lowest BCUT2D eigenvalue weighted by molar-refractivity contribution is -0.137. The molecule has 4 aromatic rings. The van der Waals surface area contributed by atoms with Crippen molar-refractivity contribution in [1.29, 1.82) is 0 Å². The third-order valence-electron chi connectivity index (χ3n) is 7.05. The number of anilines is 2. The van der Waals surface area contributed by atoms with Crippen molar-refractivity contribution < 1.29 is 22.7 Å². The van der Waals surface area contributed by atoms with Gasteiger partial charge in [-0.15, -0.1) is 0 Å². The van der Waals surface area contributed by atoms with Crippen molar-refractivity contribution in [3.05, 3.63) is 82.7 Å². The minimum absolute atomic E-state index is 0.102. The summed E-state index contributed by atoms with van der Waals surface area (Å²) >= 11 is 0. The van der Waals surface area contributed by atoms with Gasteiger partial charge in [0.1, 0.15) is 17.3 Å². The standard InChI is InChI=1S/C31H33F3N6O2/c1-18(2)17-42-26-7-5-6-20(4)27(26)40-28(21-8-10-22(11-9-21)37-30(35)41)23-16-39(13-12-25(23)38-40)29-24(31(32,33)34)14-19(3)15-36-29/h5-11,14-15,18H,12-13,16-17H2,1-4H3,(H3,35,37,41). The predicted octanol–water partition coefficient (Wildman–Crippen LogP) is 6.66. The number of aromatic nitrogens is 3. The van der Waals surface area contributed by atoms with E-state index >= 15 is 0 Å². The van der Waals surface area contributed by atoms with Crippen LogP contribution in [-0.2, 0) is 19.1 Å². The predicted molar refractivity (Wildman–Crippen MR) is 156 cm³/mol. The number of fused-ring (bicyclic) bond motifs is 1. The van der Waals surface area contributed by atoms with Crippen LogP contribution >= 0.6 is 0 Å². The summed E-state index contributed by atoms with van der Waals surface area (Å²) in [4.78, 5) is 17.3. The Balaban J connectivity index is 1.67. The quantitative estimate of drug-likeness (QED) is 0.256. The minimum Gasteiger partial charge on any atom is -0.491 e. The highest BCUT2D eigenvalue weighted by Gasteiger charge is 2.38. The highest BCUT2D eigenvalue weighted by atomic mass is 19.4. The van der Waals surface area contributed by atoms with Crippen LogP contribution < -0.4 is 20.7 Å². The molecule has 42 heavy (non-hydrogen) atoms. The Morgan fingerprint density at radius 1 is 1.14 bits per heavy atom. The largest absolute Gasteiger partial charge is 0.491 e. The van der Waals surface area contributed by atoms with Gasteiger partial charge in [-0.05, 0) is 55.2 Å². The van der Waals surface area contributed by atoms with Gasteiger partial charge >= 0.3 is 12.2 Å². The van der Waals surface area contributed by atoms with Gasteiger partial charge in [-0.1, -0.05) is 38.1 Å². The summed E-state index contributed by atoms with van der Waals surface area (Å²) < 4.78 is 50.2. The fraction of sp³-hybridized carbons (Fsp3) is 0.323. The number of carbonyl (C=O) groups excluding carboxylic acids is 1. The summed E-state index contributed by atoms with van der Waals surface area (Å²) in [7, 11) is 0. The van der Waals surface area contributed by atoms with Crippen LogP contribution in [0.4, 0.5) is 29.5 Å². The van der Waals surface area contributed by atoms with Gasteiger partial charge in [-0.25, -0.2) is 14.5 Å². The highest BCUT2D eigenvalue weighted by molar-refractivity contribution is 5.88. The Labute approximate surface area is 242 Å². The van der Waals surface area contributed by atoms with E-state index in [0.717, 1.165) is 39.8 Å². The summed E-state index contributed by atoms with van der Waals surface area (Å²) in [5, 5.41) is 7.57. The zero-order valence-corrected chi connectivity index (χ0v) is 23.9. The first-order valence-corrected chi connectivity index (χ1v) is 13.7. The number of nitrogens with two attached hydrogens (primary N) is 1. The van der Waals surface area contributed by atoms with E-state index in [1.54, 1.807) is 24.0 Å². The summed E-state index contributed by atoms with van der Waals surface area (Å²) in [5.74, 6) is 0.857. The number of aryl methyl sites for hydroxylation is 2. The summed E-state index contributed by atoms with van der Waals surface area (Å²) in [5.41, 5.74) is 10.3. The van der Waals surface area contributed by atoms with Crippen LogP contribution in [-0.4, -0.2) is 33.9 Å². The molecule has 2 amide bonds. The van der Waals surface area contributed by atoms with Gasteiger partial charge in [0.15, 0.2) is 0 Å². The number of urea groups is 1. The zero-order chi connectivity index (χ0) is 30.2. The van der Waals surface area contributed by atoms with Crippen LogP contribution in [0.3, 0.4) is 0 Å². The third kappa shape index (κ3) is 5.90. The van der Waals surface area contributed by atoms with Gasteiger partial charge < -0.3 is 20.7 Å². The van der Waals surface area contributed by atoms with E-state index in [9.17, 15) is 18.0 Å². The van der Waals surface area contributed by atoms with E-state index in [1.165, 1.54) is 6.20 Å². The van der Waals surface area contributed by atoms with Crippen molar-refractivity contribution in [2.45, 2.75) is 46.8 Å². The summed E-state index contributed by atoms with van der Waals surface area (Å²) in [6.45, 7) is 8.72. The number of alkyl halides is 3. The van der Waals surface area contributed by atoms with E-state index in [0.29, 0.717) is 42.5 Å². The number of rotatable bonds is 7. The minimum atomic E-state index is -4.55. The average Bonchev–Trinajstić information content (AvgIpc) is 3.29. The molecule has 1 aliphatic rings. The van der Waals surface area contributed by atoms with Crippen LogP contribution in [0.25, 0.3) is 16.9 Å². The molecule has 2 aromatic heterocycles. The number of pyridine rings is 1. The highest BCUT2D eigenvalue weighted by Crippen LogP contribution is 2.41. The second-order valence-electron chi connectivity index (χ2n) is 10.9. The number of nitrogens with zero attached hydrogens (tertiary/aromatic N) is 4. The van der Waals surface area contributed by atoms with E-state index in [4.69, 9.17) is 15.6 Å². The molecule has 0 spiro atoms. The first kappa shape index (κ1) is 29.0. The molecule has 220 valence electrons. The lowest BCUT2D eigenvalue weighted by atomic mass is 9.99. The Kier molecular flexibility index (Phi) is 7.85. The molecule has 2 aromatic carbocycles. The Hall–Kier alpha value is -4.54. The second kappa shape index (κ2) is 11.4. The van der Waals surface area contributed by atoms with Gasteiger partial charge in [-0.2, -0.15) is 18.3 Å². The number of hydrogen-bond donors (Lipinski definition) is 2. The number of ether oxygens (including phenoxy) is 1. The van der Waals surface area contributed by atoms with E-state index < -0.39 is 17.8 Å². The maximum absolute atomic E-state index is 14.1. The van der Waals surface area contributed by atoms with Gasteiger partial charge in [-0.3, -0.25) is 0 Å². The van der Waals surface area contributed by atoms with Crippen LogP contribution in [0.2, 0.25) is 0 Å². The number of carbonyl (C=O) groups is 1. The number of nitrogens with one attached hydrogen (secondary N) is 1. The van der Waals surface area contributed by atoms with E-state index in [-0.39, 0.29) is 12.4 Å². The normalized spacial score (nSPS) is 13.3. The smallest absolute Gasteiger partial charge is 0.419 e. The molecule has 0 fully saturated rings. The molecule has 0 radical (unpaired) electrons. The van der Waals surface area contributed by atoms with Crippen molar-refractivity contribution in [3.63, 3.8) is 0 Å². The van der Waals surface area contributed by atoms with Gasteiger partial charge in [0.2, 0.25) is 0 Å². The monoisotopic (exact) mass is 578 g/mol. The second-order valence-corrected chi connectivity index (χ2v) is 10.9. The van der Waals surface area contributed by atoms with Crippen LogP contribution in [0.1, 0.15) is 41.8 Å². The Bertz CT molecular complexity index is 1610. The lowest BCUT2D eigenvalue weighted by Crippen LogP contribution is -2.32. The zero-order valence-electron chi connectivity index (χ0n) is 23.9. The fourth-order valence-electron chi connectivity index (χ4n) is 5.17. The molecule has 0 unspecified atom stereocenters. The van der Waals surface area contributed by atoms with Crippen LogP contribution in [0.5, 0.6) is 5.75 Å². The van der Waals surface area contributed by atoms with Crippen molar-refractivity contribution in [1.82, 2.24) is 14.8 Å². The number of amides is 2. The molecule has 0 aliphatic carbocycles. The first-order valence-electron chi connectivity index (χ1n) is 13.7. The molecular weight excluding hydrogens is 545 g/mol. The van der Waals surface area contributed by atoms with Gasteiger partial charge in [0.05, 0.1) is 23.6 Å². The fourth-order valence-corrected chi connectivity index (χ4v) is 5.17. The molecule has 1 aliphatic heterocycles. The Morgan fingerprint density at radius 3 is 2.55 bits per heavy atom. The molecule has 3 heterocycles. The van der Waals surface area contributed by atoms with Crippen molar-refractivity contribution >= 4 is 17.5 Å². The number of primary amides is 1. The third-order valence-corrected chi connectivity index (χ3v) is 7.05. The molecule has 0 atom stereocenters. The Morgan fingerprint density at radius 2 is 1.88 bits per heavy atom. The van der Waals surface area contributed by atoms with Crippen molar-refractivity contribution in [2.24, 2.45) is 11.7 Å². The summed E-state index contributed by atoms with van der Waals surface area (Å²) in [6.07, 6.45) is -2.66. The first-order chi connectivity index (χ1) is 19.9. The van der Waals surface area contributed by atoms with Crippen LogP contribution in [0, 0.1) is 19.8 Å². The molecule has 11 heteroatoms. The number of benzene rings is 2. The molecule has 8 nitrogen and oxygen atoms in total. The number of hydrogen-bond acceptors (Lipinski definition) is 5. The average molecular weight is 579 g/mol. The van der Waals surface area contributed by atoms with Crippen molar-refractivity contribution in [3.8, 4) is 22.7 Å². The number of halogens is 3. The SMILES string of the molecule is Cc1cnc(N2CCc3nn(-c4c(C)cccc4OCC(C)C)c(-c4ccc(NC(N)=O)cc4)c3C2)c(C(F)(F)F)c1. The molecule has 3 N–H and O–H groups in total. The molecule has 5 rings (SSSR count). The molecular formula is C31H33F3N6O2. The van der Waals surface area contributed by atoms with Crippen LogP contribution in [0.15, 0.2) is 54.7 Å². The molecule has 0 saturated heterocycles. The molecule has 0 saturated carbocycles. The van der Waals surface area contributed by atoms with Gasteiger partial charge in [0, 0.05) is 42.5 Å². The van der Waals surface area contributed by atoms with E-state index in [1.807, 2.05) is 41.9 Å². The van der Waals surface area contributed by atoms with Crippen molar-refractivity contribution in [2.75, 3.05) is 23.4 Å². The maximum Gasteiger partial charge on any atom is 0.419 e. The van der Waals surface area contributed by atoms with Gasteiger partial charge in [0.25, 0.3) is 0 Å². The topological polar surface area (TPSA) is 98.3 Å². The molecule has 0 bridgehead atoms.